The van der Waals surface area contributed by atoms with Gasteiger partial charge in [-0.3, -0.25) is 4.79 Å². The fourth-order valence-corrected chi connectivity index (χ4v) is 8.40. The summed E-state index contributed by atoms with van der Waals surface area (Å²) in [5.41, 5.74) is -1.83. The molecule has 3 N–H and O–H groups in total. The Kier molecular flexibility index (Phi) is 3.38. The maximum Gasteiger partial charge on any atom is 0.318 e. The molecular formula is C21H32O5. The van der Waals surface area contributed by atoms with Crippen molar-refractivity contribution in [3.05, 3.63) is 0 Å². The van der Waals surface area contributed by atoms with Gasteiger partial charge in [0.2, 0.25) is 5.79 Å². The number of fused-ring (bicyclic) bond motifs is 4. The summed E-state index contributed by atoms with van der Waals surface area (Å²) < 4.78 is 5.39. The van der Waals surface area contributed by atoms with Gasteiger partial charge in [-0.05, 0) is 81.0 Å². The lowest BCUT2D eigenvalue weighted by molar-refractivity contribution is -0.213. The molecule has 1 spiro atoms. The molecule has 4 saturated carbocycles. The zero-order valence-corrected chi connectivity index (χ0v) is 15.9. The monoisotopic (exact) mass is 364 g/mol. The molecule has 1 heterocycles. The van der Waals surface area contributed by atoms with E-state index in [2.05, 4.69) is 6.92 Å². The number of esters is 1. The third-order valence-corrected chi connectivity index (χ3v) is 9.62. The van der Waals surface area contributed by atoms with Crippen molar-refractivity contribution < 1.29 is 24.9 Å². The Hall–Kier alpha value is -0.650. The van der Waals surface area contributed by atoms with Crippen LogP contribution in [0.4, 0.5) is 0 Å². The minimum Gasteiger partial charge on any atom is -0.433 e. The van der Waals surface area contributed by atoms with Crippen LogP contribution in [0, 0.1) is 34.5 Å². The van der Waals surface area contributed by atoms with Gasteiger partial charge in [0.05, 0.1) is 11.7 Å². The molecule has 5 aliphatic rings. The minimum absolute atomic E-state index is 0.0965. The van der Waals surface area contributed by atoms with Gasteiger partial charge in [0.15, 0.2) is 0 Å². The number of aliphatic hydroxyl groups is 3. The van der Waals surface area contributed by atoms with Crippen molar-refractivity contribution in [2.75, 3.05) is 0 Å². The van der Waals surface area contributed by atoms with Gasteiger partial charge in [-0.1, -0.05) is 6.92 Å². The van der Waals surface area contributed by atoms with Crippen LogP contribution in [-0.4, -0.2) is 38.8 Å². The second-order valence-electron chi connectivity index (χ2n) is 10.4. The number of carbonyl (C=O) groups excluding carboxylic acids is 1. The van der Waals surface area contributed by atoms with Crippen molar-refractivity contribution >= 4 is 5.97 Å². The number of aliphatic hydroxyl groups excluding tert-OH is 1. The molecule has 1 saturated heterocycles. The van der Waals surface area contributed by atoms with Crippen LogP contribution in [0.5, 0.6) is 0 Å². The topological polar surface area (TPSA) is 87.0 Å². The Morgan fingerprint density at radius 2 is 1.73 bits per heavy atom. The summed E-state index contributed by atoms with van der Waals surface area (Å²) in [4.78, 5) is 12.9. The number of carbonyl (C=O) groups is 1. The fraction of sp³-hybridized carbons (Fsp3) is 0.952. The Bertz CT molecular complexity index is 646. The molecule has 5 rings (SSSR count). The van der Waals surface area contributed by atoms with E-state index in [4.69, 9.17) is 4.74 Å². The summed E-state index contributed by atoms with van der Waals surface area (Å²) >= 11 is 0. The van der Waals surface area contributed by atoms with Gasteiger partial charge in [-0.15, -0.1) is 0 Å². The van der Waals surface area contributed by atoms with E-state index in [-0.39, 0.29) is 29.3 Å². The van der Waals surface area contributed by atoms with Gasteiger partial charge in [0.25, 0.3) is 0 Å². The van der Waals surface area contributed by atoms with Crippen molar-refractivity contribution in [3.63, 3.8) is 0 Å². The number of hydrogen-bond donors (Lipinski definition) is 3. The maximum atomic E-state index is 12.9. The van der Waals surface area contributed by atoms with Crippen LogP contribution in [0.25, 0.3) is 0 Å². The Labute approximate surface area is 155 Å². The lowest BCUT2D eigenvalue weighted by Crippen LogP contribution is -2.64. The van der Waals surface area contributed by atoms with Gasteiger partial charge in [0.1, 0.15) is 5.41 Å². The summed E-state index contributed by atoms with van der Waals surface area (Å²) in [7, 11) is 0. The van der Waals surface area contributed by atoms with Gasteiger partial charge >= 0.3 is 5.97 Å². The number of rotatable bonds is 0. The molecule has 9 atom stereocenters. The van der Waals surface area contributed by atoms with Crippen LogP contribution in [0.3, 0.4) is 0 Å². The predicted molar refractivity (Wildman–Crippen MR) is 93.7 cm³/mol. The molecule has 0 radical (unpaired) electrons. The predicted octanol–water partition coefficient (Wildman–Crippen LogP) is 2.37. The van der Waals surface area contributed by atoms with Crippen LogP contribution < -0.4 is 0 Å². The molecule has 9 unspecified atom stereocenters. The average molecular weight is 364 g/mol. The van der Waals surface area contributed by atoms with Gasteiger partial charge in [0, 0.05) is 12.8 Å². The first-order chi connectivity index (χ1) is 12.2. The fourth-order valence-electron chi connectivity index (χ4n) is 8.40. The van der Waals surface area contributed by atoms with E-state index in [0.717, 1.165) is 38.5 Å². The highest BCUT2D eigenvalue weighted by Gasteiger charge is 2.78. The second-order valence-corrected chi connectivity index (χ2v) is 10.4. The van der Waals surface area contributed by atoms with E-state index in [0.29, 0.717) is 31.1 Å². The molecule has 146 valence electrons. The molecule has 5 heteroatoms. The first kappa shape index (κ1) is 17.4. The molecule has 4 aliphatic carbocycles. The molecule has 0 aromatic rings. The molecule has 5 nitrogen and oxygen atoms in total. The maximum absolute atomic E-state index is 12.9. The SMILES string of the molecule is CC1(O)OC(=O)C23CCC4C(CCC5CC(O)CCC54C)C2(O)CCC13. The van der Waals surface area contributed by atoms with Crippen LogP contribution in [0.2, 0.25) is 0 Å². The average Bonchev–Trinajstić information content (AvgIpc) is 2.99. The van der Waals surface area contributed by atoms with Crippen molar-refractivity contribution in [2.24, 2.45) is 34.5 Å². The molecule has 1 aliphatic heterocycles. The molecule has 26 heavy (non-hydrogen) atoms. The first-order valence-corrected chi connectivity index (χ1v) is 10.5. The van der Waals surface area contributed by atoms with Gasteiger partial charge in [-0.25, -0.2) is 0 Å². The molecule has 0 aromatic heterocycles. The van der Waals surface area contributed by atoms with Crippen molar-refractivity contribution in [1.82, 2.24) is 0 Å². The third kappa shape index (κ3) is 1.81. The molecule has 0 aromatic carbocycles. The Morgan fingerprint density at radius 1 is 0.962 bits per heavy atom. The van der Waals surface area contributed by atoms with E-state index in [1.807, 2.05) is 0 Å². The Balaban J connectivity index is 1.54. The number of hydrogen-bond acceptors (Lipinski definition) is 5. The van der Waals surface area contributed by atoms with Gasteiger partial charge in [-0.2, -0.15) is 0 Å². The minimum atomic E-state index is -1.45. The first-order valence-electron chi connectivity index (χ1n) is 10.5. The largest absolute Gasteiger partial charge is 0.433 e. The molecule has 0 amide bonds. The van der Waals surface area contributed by atoms with E-state index in [1.54, 1.807) is 6.92 Å². The van der Waals surface area contributed by atoms with Crippen molar-refractivity contribution in [2.45, 2.75) is 89.1 Å². The van der Waals surface area contributed by atoms with E-state index < -0.39 is 16.8 Å². The quantitative estimate of drug-likeness (QED) is 0.575. The summed E-state index contributed by atoms with van der Waals surface area (Å²) in [5.74, 6) is -1.13. The molecule has 0 bridgehead atoms. The van der Waals surface area contributed by atoms with E-state index >= 15 is 0 Å². The number of ether oxygens (including phenoxy) is 1. The van der Waals surface area contributed by atoms with Gasteiger partial charge < -0.3 is 20.1 Å². The van der Waals surface area contributed by atoms with Crippen LogP contribution >= 0.6 is 0 Å². The lowest BCUT2D eigenvalue weighted by Gasteiger charge is -2.62. The normalized spacial score (nSPS) is 61.3. The summed E-state index contributed by atoms with van der Waals surface area (Å²) in [6.45, 7) is 3.94. The molecule has 5 fully saturated rings. The van der Waals surface area contributed by atoms with Crippen LogP contribution in [0.15, 0.2) is 0 Å². The van der Waals surface area contributed by atoms with Crippen molar-refractivity contribution in [1.29, 1.82) is 0 Å². The third-order valence-electron chi connectivity index (χ3n) is 9.62. The van der Waals surface area contributed by atoms with E-state index in [1.165, 1.54) is 0 Å². The van der Waals surface area contributed by atoms with E-state index in [9.17, 15) is 20.1 Å². The van der Waals surface area contributed by atoms with Crippen LogP contribution in [0.1, 0.15) is 71.6 Å². The molecular weight excluding hydrogens is 332 g/mol. The highest BCUT2D eigenvalue weighted by Crippen LogP contribution is 2.72. The lowest BCUT2D eigenvalue weighted by atomic mass is 9.43. The second kappa shape index (κ2) is 5.03. The summed E-state index contributed by atoms with van der Waals surface area (Å²) in [5, 5.41) is 32.8. The number of cyclic esters (lactones) is 1. The van der Waals surface area contributed by atoms with Crippen molar-refractivity contribution in [3.8, 4) is 0 Å². The Morgan fingerprint density at radius 3 is 2.50 bits per heavy atom. The standard InChI is InChI=1S/C21H32O5/c1-18-8-5-13(22)11-12(18)3-4-15-14(18)6-9-20-16(7-10-21(15,20)25)19(2,24)26-17(20)23/h12-16,22,24-25H,3-11H2,1-2H3. The zero-order chi connectivity index (χ0) is 18.5. The zero-order valence-electron chi connectivity index (χ0n) is 15.9. The summed E-state index contributed by atoms with van der Waals surface area (Å²) in [6.07, 6.45) is 7.26. The smallest absolute Gasteiger partial charge is 0.318 e. The highest BCUT2D eigenvalue weighted by molar-refractivity contribution is 5.83. The highest BCUT2D eigenvalue weighted by atomic mass is 16.7. The van der Waals surface area contributed by atoms with Crippen LogP contribution in [-0.2, 0) is 9.53 Å². The summed E-state index contributed by atoms with van der Waals surface area (Å²) in [6, 6.07) is 0.